The first-order valence-corrected chi connectivity index (χ1v) is 19.3. The van der Waals surface area contributed by atoms with Crippen molar-refractivity contribution in [2.45, 2.75) is 0 Å². The largest absolute Gasteiger partial charge is 0.455 e. The van der Waals surface area contributed by atoms with Crippen LogP contribution in [0.5, 0.6) is 0 Å². The molecule has 0 unspecified atom stereocenters. The predicted molar refractivity (Wildman–Crippen MR) is 233 cm³/mol. The molecule has 250 valence electrons. The molecule has 12 aromatic rings. The molecule has 10 aromatic carbocycles. The summed E-state index contributed by atoms with van der Waals surface area (Å²) in [5.74, 6) is 0. The van der Waals surface area contributed by atoms with E-state index in [2.05, 4.69) is 176 Å². The summed E-state index contributed by atoms with van der Waals surface area (Å²) >= 11 is 1.86. The first-order valence-electron chi connectivity index (χ1n) is 18.5. The highest BCUT2D eigenvalue weighted by molar-refractivity contribution is 7.25. The van der Waals surface area contributed by atoms with Gasteiger partial charge in [0, 0.05) is 36.3 Å². The molecular weight excluding hydrogens is 673 g/mol. The van der Waals surface area contributed by atoms with E-state index < -0.39 is 0 Å². The Kier molecular flexibility index (Phi) is 6.28. The summed E-state index contributed by atoms with van der Waals surface area (Å²) in [7, 11) is 0. The van der Waals surface area contributed by atoms with Crippen molar-refractivity contribution in [3.8, 4) is 33.4 Å². The van der Waals surface area contributed by atoms with Crippen molar-refractivity contribution in [2.24, 2.45) is 0 Å². The zero-order valence-electron chi connectivity index (χ0n) is 29.1. The Hall–Kier alpha value is -6.74. The fourth-order valence-electron chi connectivity index (χ4n) is 8.88. The van der Waals surface area contributed by atoms with Gasteiger partial charge in [-0.2, -0.15) is 0 Å². The van der Waals surface area contributed by atoms with E-state index >= 15 is 0 Å². The molecule has 1 nitrogen and oxygen atoms in total. The van der Waals surface area contributed by atoms with Crippen LogP contribution in [0.1, 0.15) is 0 Å². The number of para-hydroxylation sites is 1. The number of fused-ring (bicyclic) bond motifs is 11. The lowest BCUT2D eigenvalue weighted by Crippen LogP contribution is -1.91. The van der Waals surface area contributed by atoms with Crippen molar-refractivity contribution in [3.63, 3.8) is 0 Å². The van der Waals surface area contributed by atoms with Crippen LogP contribution in [0, 0.1) is 0 Å². The number of furan rings is 1. The number of hydrogen-bond acceptors (Lipinski definition) is 2. The summed E-state index contributed by atoms with van der Waals surface area (Å²) < 4.78 is 8.98. The fraction of sp³-hybridized carbons (Fsp3) is 0. The molecule has 0 atom stereocenters. The molecule has 2 aromatic heterocycles. The zero-order valence-corrected chi connectivity index (χ0v) is 30.0. The Morgan fingerprint density at radius 3 is 1.63 bits per heavy atom. The van der Waals surface area contributed by atoms with Gasteiger partial charge in [0.25, 0.3) is 0 Å². The summed E-state index contributed by atoms with van der Waals surface area (Å²) in [4.78, 5) is 0. The predicted octanol–water partition coefficient (Wildman–Crippen LogP) is 15.6. The quantitative estimate of drug-likeness (QED) is 0.167. The van der Waals surface area contributed by atoms with Crippen molar-refractivity contribution in [2.75, 3.05) is 0 Å². The van der Waals surface area contributed by atoms with Crippen LogP contribution in [0.15, 0.2) is 186 Å². The van der Waals surface area contributed by atoms with Gasteiger partial charge in [-0.05, 0) is 114 Å². The van der Waals surface area contributed by atoms with E-state index in [1.165, 1.54) is 107 Å². The molecule has 0 spiro atoms. The monoisotopic (exact) mass is 702 g/mol. The Bertz CT molecular complexity index is 3430. The Morgan fingerprint density at radius 2 is 0.870 bits per heavy atom. The smallest absolute Gasteiger partial charge is 0.143 e. The maximum absolute atomic E-state index is 6.40. The van der Waals surface area contributed by atoms with Crippen LogP contribution >= 0.6 is 11.3 Å². The number of benzene rings is 10. The highest BCUT2D eigenvalue weighted by atomic mass is 32.1. The first-order chi connectivity index (χ1) is 26.7. The van der Waals surface area contributed by atoms with Gasteiger partial charge in [0.1, 0.15) is 11.2 Å². The van der Waals surface area contributed by atoms with E-state index in [0.29, 0.717) is 0 Å². The molecule has 0 amide bonds. The highest BCUT2D eigenvalue weighted by Crippen LogP contribution is 2.45. The minimum atomic E-state index is 0.937. The topological polar surface area (TPSA) is 13.1 Å². The molecule has 0 aliphatic carbocycles. The van der Waals surface area contributed by atoms with Gasteiger partial charge in [0.15, 0.2) is 0 Å². The van der Waals surface area contributed by atoms with Crippen molar-refractivity contribution < 1.29 is 4.42 Å². The second kappa shape index (κ2) is 11.4. The van der Waals surface area contributed by atoms with Gasteiger partial charge in [-0.1, -0.05) is 140 Å². The second-order valence-corrected chi connectivity index (χ2v) is 15.5. The van der Waals surface area contributed by atoms with Crippen LogP contribution in [0.2, 0.25) is 0 Å². The zero-order chi connectivity index (χ0) is 35.3. The van der Waals surface area contributed by atoms with Crippen LogP contribution in [0.4, 0.5) is 0 Å². The molecule has 0 bridgehead atoms. The lowest BCUT2D eigenvalue weighted by molar-refractivity contribution is 0.673. The minimum absolute atomic E-state index is 0.937. The van der Waals surface area contributed by atoms with Crippen LogP contribution in [0.3, 0.4) is 0 Å². The minimum Gasteiger partial charge on any atom is -0.455 e. The lowest BCUT2D eigenvalue weighted by Gasteiger charge is -2.18. The van der Waals surface area contributed by atoms with Crippen LogP contribution in [-0.2, 0) is 0 Å². The molecule has 0 N–H and O–H groups in total. The van der Waals surface area contributed by atoms with E-state index in [0.717, 1.165) is 11.2 Å². The third-order valence-electron chi connectivity index (χ3n) is 11.4. The Labute approximate surface area is 314 Å². The molecule has 0 aliphatic rings. The van der Waals surface area contributed by atoms with Gasteiger partial charge in [-0.15, -0.1) is 11.3 Å². The van der Waals surface area contributed by atoms with Crippen LogP contribution in [0.25, 0.3) is 119 Å². The van der Waals surface area contributed by atoms with Crippen molar-refractivity contribution in [3.05, 3.63) is 182 Å². The maximum atomic E-state index is 6.40. The highest BCUT2D eigenvalue weighted by Gasteiger charge is 2.18. The molecule has 2 heterocycles. The summed E-state index contributed by atoms with van der Waals surface area (Å²) in [6.45, 7) is 0. The molecule has 0 saturated heterocycles. The third kappa shape index (κ3) is 4.38. The second-order valence-electron chi connectivity index (χ2n) is 14.4. The number of hydrogen-bond donors (Lipinski definition) is 0. The number of thiophene rings is 1. The van der Waals surface area contributed by atoms with Gasteiger partial charge >= 0.3 is 0 Å². The maximum Gasteiger partial charge on any atom is 0.143 e. The normalized spacial score (nSPS) is 12.1. The molecule has 0 radical (unpaired) electrons. The standard InChI is InChI=1S/C52H30OS/c1-2-10-34-27-37(22-19-31(34)9-1)51-41-14-5-3-12-39(41)50(40-13-4-6-15-42(40)51)33-20-17-32(18-21-33)35-24-26-48-45(28-35)46-29-36-23-25-43-38-11-7-8-16-47(38)53-52(43)44(36)30-49(46)54-48/h1-30H. The summed E-state index contributed by atoms with van der Waals surface area (Å²) in [5, 5.41) is 14.9. The van der Waals surface area contributed by atoms with Gasteiger partial charge < -0.3 is 4.42 Å². The fourth-order valence-corrected chi connectivity index (χ4v) is 9.99. The van der Waals surface area contributed by atoms with E-state index in [-0.39, 0.29) is 0 Å². The summed E-state index contributed by atoms with van der Waals surface area (Å²) in [6.07, 6.45) is 0. The lowest BCUT2D eigenvalue weighted by atomic mass is 9.85. The first kappa shape index (κ1) is 29.8. The molecule has 12 rings (SSSR count). The van der Waals surface area contributed by atoms with Crippen molar-refractivity contribution >= 4 is 96.5 Å². The average Bonchev–Trinajstić information content (AvgIpc) is 3.79. The average molecular weight is 703 g/mol. The van der Waals surface area contributed by atoms with Crippen molar-refractivity contribution in [1.82, 2.24) is 0 Å². The van der Waals surface area contributed by atoms with E-state index in [4.69, 9.17) is 4.42 Å². The molecule has 0 saturated carbocycles. The van der Waals surface area contributed by atoms with E-state index in [1.54, 1.807) is 0 Å². The SMILES string of the molecule is c1ccc2cc(-c3c4ccccc4c(-c4ccc(-c5ccc6sc7cc8c(ccc9c%10ccccc%10oc89)cc7c6c5)cc4)c4ccccc34)ccc2c1. The van der Waals surface area contributed by atoms with Gasteiger partial charge in [-0.25, -0.2) is 0 Å². The van der Waals surface area contributed by atoms with E-state index in [9.17, 15) is 0 Å². The molecule has 0 aliphatic heterocycles. The van der Waals surface area contributed by atoms with Crippen molar-refractivity contribution in [1.29, 1.82) is 0 Å². The van der Waals surface area contributed by atoms with Crippen LogP contribution < -0.4 is 0 Å². The van der Waals surface area contributed by atoms with Gasteiger partial charge in [0.2, 0.25) is 0 Å². The third-order valence-corrected chi connectivity index (χ3v) is 12.6. The number of rotatable bonds is 3. The Morgan fingerprint density at radius 1 is 0.296 bits per heavy atom. The summed E-state index contributed by atoms with van der Waals surface area (Å²) in [5.41, 5.74) is 9.38. The Balaban J connectivity index is 0.980. The van der Waals surface area contributed by atoms with Gasteiger partial charge in [-0.3, -0.25) is 0 Å². The van der Waals surface area contributed by atoms with Gasteiger partial charge in [0.05, 0.1) is 0 Å². The summed E-state index contributed by atoms with van der Waals surface area (Å²) in [6, 6.07) is 66.9. The molecular formula is C52H30OS. The van der Waals surface area contributed by atoms with E-state index in [1.807, 2.05) is 17.4 Å². The molecule has 2 heteroatoms. The van der Waals surface area contributed by atoms with Crippen LogP contribution in [-0.4, -0.2) is 0 Å². The molecule has 54 heavy (non-hydrogen) atoms. The molecule has 0 fully saturated rings.